The van der Waals surface area contributed by atoms with E-state index in [1.54, 1.807) is 23.7 Å². The molecule has 0 aliphatic carbocycles. The number of hydrogen-bond acceptors (Lipinski definition) is 5. The van der Waals surface area contributed by atoms with E-state index in [4.69, 9.17) is 21.1 Å². The van der Waals surface area contributed by atoms with Crippen LogP contribution in [0.25, 0.3) is 11.0 Å². The van der Waals surface area contributed by atoms with Crippen LogP contribution in [0.1, 0.15) is 21.5 Å². The predicted octanol–water partition coefficient (Wildman–Crippen LogP) is 4.25. The molecule has 1 aromatic heterocycles. The van der Waals surface area contributed by atoms with E-state index >= 15 is 4.39 Å². The third-order valence-electron chi connectivity index (χ3n) is 5.63. The molecule has 3 aromatic rings. The highest BCUT2D eigenvalue weighted by atomic mass is 79.9. The van der Waals surface area contributed by atoms with Crippen molar-refractivity contribution in [1.29, 1.82) is 0 Å². The first-order valence-electron chi connectivity index (χ1n) is 10.4. The Labute approximate surface area is 199 Å². The number of halogens is 3. The number of fused-ring (bicyclic) bond motifs is 1. The zero-order valence-corrected chi connectivity index (χ0v) is 20.1. The average Bonchev–Trinajstić information content (AvgIpc) is 3.16. The number of ether oxygens (including phenoxy) is 2. The van der Waals surface area contributed by atoms with Crippen molar-refractivity contribution in [2.24, 2.45) is 7.05 Å². The summed E-state index contributed by atoms with van der Waals surface area (Å²) < 4.78 is 29.0. The van der Waals surface area contributed by atoms with E-state index in [9.17, 15) is 4.79 Å². The lowest BCUT2D eigenvalue weighted by atomic mass is 9.95. The van der Waals surface area contributed by atoms with Crippen molar-refractivity contribution in [3.63, 3.8) is 0 Å². The minimum absolute atomic E-state index is 0.117. The summed E-state index contributed by atoms with van der Waals surface area (Å²) in [6.45, 7) is 4.18. The van der Waals surface area contributed by atoms with Crippen LogP contribution in [0.3, 0.4) is 0 Å². The van der Waals surface area contributed by atoms with Crippen LogP contribution in [0.2, 0.25) is 5.02 Å². The SMILES string of the molecule is Cn1cnc2c(F)c(Cc3ccc(Br)cc3Cl)c(C(=O)COCCN3CCOCC3)cc21. The molecule has 0 unspecified atom stereocenters. The molecular formula is C23H24BrClFN3O3. The van der Waals surface area contributed by atoms with E-state index in [-0.39, 0.29) is 29.9 Å². The van der Waals surface area contributed by atoms with Crippen LogP contribution in [0.4, 0.5) is 4.39 Å². The van der Waals surface area contributed by atoms with Crippen molar-refractivity contribution in [2.45, 2.75) is 6.42 Å². The zero-order valence-electron chi connectivity index (χ0n) is 17.7. The second kappa shape index (κ2) is 10.4. The van der Waals surface area contributed by atoms with Crippen LogP contribution in [0, 0.1) is 5.82 Å². The average molecular weight is 525 g/mol. The molecule has 2 aromatic carbocycles. The van der Waals surface area contributed by atoms with Gasteiger partial charge in [0.2, 0.25) is 0 Å². The van der Waals surface area contributed by atoms with Crippen LogP contribution in [-0.4, -0.2) is 66.3 Å². The molecule has 0 N–H and O–H groups in total. The maximum atomic E-state index is 15.5. The van der Waals surface area contributed by atoms with Gasteiger partial charge in [0.25, 0.3) is 0 Å². The van der Waals surface area contributed by atoms with Gasteiger partial charge in [0.15, 0.2) is 11.6 Å². The molecule has 0 bridgehead atoms. The largest absolute Gasteiger partial charge is 0.379 e. The third kappa shape index (κ3) is 5.21. The zero-order chi connectivity index (χ0) is 22.7. The van der Waals surface area contributed by atoms with E-state index in [1.807, 2.05) is 12.1 Å². The minimum Gasteiger partial charge on any atom is -0.379 e. The molecule has 1 aliphatic heterocycles. The molecule has 4 rings (SSSR count). The summed E-state index contributed by atoms with van der Waals surface area (Å²) in [5.74, 6) is -0.768. The van der Waals surface area contributed by atoms with E-state index in [0.29, 0.717) is 35.9 Å². The second-order valence-electron chi connectivity index (χ2n) is 7.78. The summed E-state index contributed by atoms with van der Waals surface area (Å²) in [6.07, 6.45) is 1.72. The normalized spacial score (nSPS) is 14.9. The fourth-order valence-corrected chi connectivity index (χ4v) is 4.54. The molecule has 0 spiro atoms. The number of ketones is 1. The van der Waals surface area contributed by atoms with E-state index < -0.39 is 5.82 Å². The van der Waals surface area contributed by atoms with Crippen molar-refractivity contribution in [1.82, 2.24) is 14.5 Å². The molecule has 0 amide bonds. The molecule has 1 saturated heterocycles. The monoisotopic (exact) mass is 523 g/mol. The number of nitrogens with zero attached hydrogens (tertiary/aromatic N) is 3. The molecule has 32 heavy (non-hydrogen) atoms. The number of aryl methyl sites for hydroxylation is 1. The molecule has 170 valence electrons. The highest BCUT2D eigenvalue weighted by Gasteiger charge is 2.22. The number of aromatic nitrogens is 2. The molecule has 0 radical (unpaired) electrons. The number of carbonyl (C=O) groups excluding carboxylic acids is 1. The maximum Gasteiger partial charge on any atom is 0.188 e. The first kappa shape index (κ1) is 23.3. The summed E-state index contributed by atoms with van der Waals surface area (Å²) in [4.78, 5) is 19.5. The van der Waals surface area contributed by atoms with Gasteiger partial charge in [-0.1, -0.05) is 33.6 Å². The van der Waals surface area contributed by atoms with Gasteiger partial charge in [-0.15, -0.1) is 0 Å². The Bertz CT molecular complexity index is 1130. The summed E-state index contributed by atoms with van der Waals surface area (Å²) >= 11 is 9.75. The van der Waals surface area contributed by atoms with Crippen molar-refractivity contribution < 1.29 is 18.7 Å². The van der Waals surface area contributed by atoms with Crippen LogP contribution < -0.4 is 0 Å². The van der Waals surface area contributed by atoms with Crippen molar-refractivity contribution in [2.75, 3.05) is 46.1 Å². The molecule has 1 fully saturated rings. The number of carbonyl (C=O) groups is 1. The van der Waals surface area contributed by atoms with Gasteiger partial charge in [-0.25, -0.2) is 9.37 Å². The summed E-state index contributed by atoms with van der Waals surface area (Å²) in [5.41, 5.74) is 2.10. The lowest BCUT2D eigenvalue weighted by Crippen LogP contribution is -2.38. The molecule has 0 atom stereocenters. The molecule has 9 heteroatoms. The number of morpholine rings is 1. The Morgan fingerprint density at radius 3 is 2.84 bits per heavy atom. The summed E-state index contributed by atoms with van der Waals surface area (Å²) in [6, 6.07) is 7.11. The molecule has 1 aliphatic rings. The number of Topliss-reactive ketones (excluding diaryl/α,β-unsaturated/α-hetero) is 1. The van der Waals surface area contributed by atoms with Gasteiger partial charge in [-0.3, -0.25) is 9.69 Å². The summed E-state index contributed by atoms with van der Waals surface area (Å²) in [5, 5.41) is 0.500. The molecule has 0 saturated carbocycles. The predicted molar refractivity (Wildman–Crippen MR) is 125 cm³/mol. The van der Waals surface area contributed by atoms with E-state index in [1.165, 1.54) is 6.33 Å². The van der Waals surface area contributed by atoms with E-state index in [2.05, 4.69) is 25.8 Å². The third-order valence-corrected chi connectivity index (χ3v) is 6.48. The highest BCUT2D eigenvalue weighted by molar-refractivity contribution is 9.10. The Kier molecular flexibility index (Phi) is 7.58. The number of benzene rings is 2. The fraction of sp³-hybridized carbons (Fsp3) is 0.391. The maximum absolute atomic E-state index is 15.5. The Balaban J connectivity index is 1.56. The number of imidazole rings is 1. The smallest absolute Gasteiger partial charge is 0.188 e. The lowest BCUT2D eigenvalue weighted by molar-refractivity contribution is 0.0208. The first-order valence-corrected chi connectivity index (χ1v) is 11.6. The van der Waals surface area contributed by atoms with Gasteiger partial charge in [-0.05, 0) is 23.8 Å². The fourth-order valence-electron chi connectivity index (χ4n) is 3.80. The topological polar surface area (TPSA) is 56.6 Å². The van der Waals surface area contributed by atoms with Crippen LogP contribution in [0.5, 0.6) is 0 Å². The van der Waals surface area contributed by atoms with Gasteiger partial charge >= 0.3 is 0 Å². The van der Waals surface area contributed by atoms with Crippen molar-refractivity contribution in [3.05, 3.63) is 62.6 Å². The van der Waals surface area contributed by atoms with Crippen molar-refractivity contribution in [3.8, 4) is 0 Å². The van der Waals surface area contributed by atoms with Crippen LogP contribution in [0.15, 0.2) is 35.1 Å². The first-order chi connectivity index (χ1) is 15.4. The molecular weight excluding hydrogens is 501 g/mol. The second-order valence-corrected chi connectivity index (χ2v) is 9.11. The summed E-state index contributed by atoms with van der Waals surface area (Å²) in [7, 11) is 1.77. The van der Waals surface area contributed by atoms with Gasteiger partial charge in [-0.2, -0.15) is 0 Å². The van der Waals surface area contributed by atoms with Gasteiger partial charge < -0.3 is 14.0 Å². The van der Waals surface area contributed by atoms with E-state index in [0.717, 1.165) is 29.7 Å². The standard InChI is InChI=1S/C23H24BrClFN3O3/c1-28-14-27-23-20(28)12-17(21(30)13-32-9-6-29-4-7-31-8-5-29)18(22(23)26)10-15-2-3-16(24)11-19(15)25/h2-3,11-12,14H,4-10,13H2,1H3. The molecule has 2 heterocycles. The molecule has 6 nitrogen and oxygen atoms in total. The van der Waals surface area contributed by atoms with Gasteiger partial charge in [0, 0.05) is 53.7 Å². The van der Waals surface area contributed by atoms with Gasteiger partial charge in [0.1, 0.15) is 12.1 Å². The Morgan fingerprint density at radius 2 is 2.09 bits per heavy atom. The minimum atomic E-state index is -0.501. The lowest BCUT2D eigenvalue weighted by Gasteiger charge is -2.26. The van der Waals surface area contributed by atoms with Gasteiger partial charge in [0.05, 0.1) is 31.7 Å². The van der Waals surface area contributed by atoms with Crippen LogP contribution >= 0.6 is 27.5 Å². The van der Waals surface area contributed by atoms with Crippen molar-refractivity contribution >= 4 is 44.3 Å². The Morgan fingerprint density at radius 1 is 1.31 bits per heavy atom. The Hall–Kier alpha value is -1.84. The quantitative estimate of drug-likeness (QED) is 0.326. The highest BCUT2D eigenvalue weighted by Crippen LogP contribution is 2.30. The number of hydrogen-bond donors (Lipinski definition) is 0. The van der Waals surface area contributed by atoms with Crippen LogP contribution in [-0.2, 0) is 22.9 Å². The number of rotatable bonds is 8.